The lowest BCUT2D eigenvalue weighted by molar-refractivity contribution is -0.124. The van der Waals surface area contributed by atoms with Gasteiger partial charge in [0.25, 0.3) is 22.9 Å². The Hall–Kier alpha value is -4.80. The minimum absolute atomic E-state index is 0.0227. The second kappa shape index (κ2) is 42.0. The summed E-state index contributed by atoms with van der Waals surface area (Å²) in [6, 6.07) is 17.4. The molecule has 2 aliphatic rings. The highest BCUT2D eigenvalue weighted by Crippen LogP contribution is 2.51. The number of nitrogens with zero attached hydrogens (tertiary/aromatic N) is 4. The molecule has 8 nitrogen and oxygen atoms in total. The average Bonchev–Trinajstić information content (AvgIpc) is 1.35. The SMILES string of the molecule is CCCCCCCCCCCCN1C(=O)C2=C(c3ccc(C(C)C)s3)N(CCCCCCCCCCCC)C(=O)C2=C1c1ccc(-c2ccc3c(C(CCCCCC)CCCCCCCC)c4c(=O)n5c(C(C)C)ccc5c(C(CCCCCC)CCCCCCCC)c4c(=O)n23)s1. The number of pyridine rings is 2. The van der Waals surface area contributed by atoms with Crippen LogP contribution in [0.1, 0.15) is 407 Å². The third kappa shape index (κ3) is 20.3. The molecule has 0 spiro atoms. The molecule has 2 unspecified atom stereocenters. The maximum absolute atomic E-state index is 16.8. The average molecular weight is 1380 g/mol. The van der Waals surface area contributed by atoms with Gasteiger partial charge in [-0.2, -0.15) is 0 Å². The van der Waals surface area contributed by atoms with E-state index in [-0.39, 0.29) is 40.7 Å². The summed E-state index contributed by atoms with van der Waals surface area (Å²) >= 11 is 3.35. The zero-order valence-corrected chi connectivity index (χ0v) is 65.3. The molecule has 0 radical (unpaired) electrons. The molecule has 542 valence electrons. The van der Waals surface area contributed by atoms with Crippen LogP contribution in [0.2, 0.25) is 0 Å². The van der Waals surface area contributed by atoms with E-state index in [9.17, 15) is 0 Å². The highest BCUT2D eigenvalue weighted by Gasteiger charge is 2.49. The van der Waals surface area contributed by atoms with Crippen molar-refractivity contribution in [3.63, 3.8) is 0 Å². The van der Waals surface area contributed by atoms with Crippen molar-refractivity contribution >= 4 is 67.7 Å². The van der Waals surface area contributed by atoms with Gasteiger partial charge in [-0.1, -0.05) is 313 Å². The highest BCUT2D eigenvalue weighted by atomic mass is 32.1. The van der Waals surface area contributed by atoms with E-state index >= 15 is 19.2 Å². The normalized spacial score (nSPS) is 14.4. The molecule has 2 atom stereocenters. The van der Waals surface area contributed by atoms with Crippen LogP contribution in [0.15, 0.2) is 69.3 Å². The van der Waals surface area contributed by atoms with Gasteiger partial charge in [0.2, 0.25) is 0 Å². The van der Waals surface area contributed by atoms with Crippen LogP contribution in [0.5, 0.6) is 0 Å². The number of carbonyl (C=O) groups is 2. The van der Waals surface area contributed by atoms with Gasteiger partial charge in [-0.3, -0.25) is 28.0 Å². The lowest BCUT2D eigenvalue weighted by Gasteiger charge is -2.25. The molecule has 0 aliphatic carbocycles. The van der Waals surface area contributed by atoms with Crippen molar-refractivity contribution in [1.29, 1.82) is 0 Å². The van der Waals surface area contributed by atoms with Gasteiger partial charge in [0.05, 0.1) is 64.7 Å². The van der Waals surface area contributed by atoms with Gasteiger partial charge in [0.15, 0.2) is 0 Å². The number of rotatable bonds is 53. The molecule has 10 heteroatoms. The predicted octanol–water partition coefficient (Wildman–Crippen LogP) is 26.8. The number of unbranched alkanes of at least 4 members (excludes halogenated alkanes) is 34. The van der Waals surface area contributed by atoms with Crippen molar-refractivity contribution < 1.29 is 9.59 Å². The topological polar surface area (TPSA) is 83.6 Å². The quantitative estimate of drug-likeness (QED) is 0.0356. The largest absolute Gasteiger partial charge is 0.306 e. The lowest BCUT2D eigenvalue weighted by atomic mass is 9.82. The van der Waals surface area contributed by atoms with E-state index < -0.39 is 0 Å². The first-order chi connectivity index (χ1) is 47.9. The van der Waals surface area contributed by atoms with Crippen LogP contribution in [0.4, 0.5) is 0 Å². The van der Waals surface area contributed by atoms with Gasteiger partial charge in [-0.05, 0) is 122 Å². The second-order valence-electron chi connectivity index (χ2n) is 30.7. The zero-order valence-electron chi connectivity index (χ0n) is 63.7. The molecule has 98 heavy (non-hydrogen) atoms. The Bertz CT molecular complexity index is 3570. The first kappa shape index (κ1) is 78.9. The van der Waals surface area contributed by atoms with Gasteiger partial charge in [0.1, 0.15) is 0 Å². The van der Waals surface area contributed by atoms with E-state index in [0.717, 1.165) is 182 Å². The van der Waals surface area contributed by atoms with E-state index in [1.165, 1.54) is 165 Å². The van der Waals surface area contributed by atoms with E-state index in [4.69, 9.17) is 0 Å². The van der Waals surface area contributed by atoms with Crippen molar-refractivity contribution in [2.75, 3.05) is 13.1 Å². The molecule has 2 amide bonds. The predicted molar refractivity (Wildman–Crippen MR) is 425 cm³/mol. The van der Waals surface area contributed by atoms with Crippen LogP contribution < -0.4 is 11.1 Å². The Morgan fingerprint density at radius 2 is 0.653 bits per heavy atom. The highest BCUT2D eigenvalue weighted by molar-refractivity contribution is 7.16. The molecule has 8 rings (SSSR count). The summed E-state index contributed by atoms with van der Waals surface area (Å²) < 4.78 is 4.13. The van der Waals surface area contributed by atoms with Crippen LogP contribution >= 0.6 is 22.7 Å². The summed E-state index contributed by atoms with van der Waals surface area (Å²) in [7, 11) is 0. The number of hydrogen-bond acceptors (Lipinski definition) is 6. The van der Waals surface area contributed by atoms with Crippen LogP contribution in [0.25, 0.3) is 43.8 Å². The first-order valence-electron chi connectivity index (χ1n) is 41.2. The minimum Gasteiger partial charge on any atom is -0.306 e. The Balaban J connectivity index is 1.31. The molecule has 6 aromatic heterocycles. The number of hydrogen-bond donors (Lipinski definition) is 0. The third-order valence-corrected chi connectivity index (χ3v) is 24.7. The van der Waals surface area contributed by atoms with Crippen molar-refractivity contribution in [1.82, 2.24) is 18.6 Å². The summed E-state index contributed by atoms with van der Waals surface area (Å²) in [4.78, 5) is 72.8. The van der Waals surface area contributed by atoms with Crippen LogP contribution in [0, 0.1) is 0 Å². The summed E-state index contributed by atoms with van der Waals surface area (Å²) in [5.41, 5.74) is 8.39. The van der Waals surface area contributed by atoms with Crippen LogP contribution in [0.3, 0.4) is 0 Å². The third-order valence-electron chi connectivity index (χ3n) is 22.2. The molecular formula is C88H134N4O4S2. The molecule has 6 aromatic rings. The molecule has 2 aliphatic heterocycles. The Kier molecular flexibility index (Phi) is 33.8. The Morgan fingerprint density at radius 3 is 1.04 bits per heavy atom. The second-order valence-corrected chi connectivity index (χ2v) is 32.9. The van der Waals surface area contributed by atoms with Crippen molar-refractivity contribution in [3.8, 4) is 10.6 Å². The summed E-state index contributed by atoms with van der Waals surface area (Å²) in [5.74, 6) is 0.539. The fraction of sp³-hybridized carbons (Fsp3) is 0.682. The van der Waals surface area contributed by atoms with Crippen molar-refractivity contribution in [3.05, 3.63) is 112 Å². The number of fused-ring (bicyclic) bond motifs is 4. The van der Waals surface area contributed by atoms with Crippen LogP contribution in [-0.4, -0.2) is 43.5 Å². The summed E-state index contributed by atoms with van der Waals surface area (Å²) in [6.07, 6.45) is 51.6. The zero-order chi connectivity index (χ0) is 69.8. The molecule has 0 saturated carbocycles. The maximum atomic E-state index is 16.8. The Morgan fingerprint density at radius 1 is 0.327 bits per heavy atom. The molecule has 0 bridgehead atoms. The molecule has 0 N–H and O–H groups in total. The Labute approximate surface area is 603 Å². The minimum atomic E-state index is -0.0813. The summed E-state index contributed by atoms with van der Waals surface area (Å²) in [6.45, 7) is 23.7. The molecule has 0 fully saturated rings. The van der Waals surface area contributed by atoms with Gasteiger partial charge in [-0.15, -0.1) is 22.7 Å². The number of amides is 2. The van der Waals surface area contributed by atoms with Gasteiger partial charge in [-0.25, -0.2) is 0 Å². The van der Waals surface area contributed by atoms with Gasteiger partial charge >= 0.3 is 0 Å². The fourth-order valence-electron chi connectivity index (χ4n) is 16.5. The van der Waals surface area contributed by atoms with Gasteiger partial charge in [0, 0.05) is 23.7 Å². The van der Waals surface area contributed by atoms with Gasteiger partial charge < -0.3 is 9.80 Å². The van der Waals surface area contributed by atoms with Crippen LogP contribution in [-0.2, 0) is 9.59 Å². The van der Waals surface area contributed by atoms with E-state index in [1.54, 1.807) is 22.7 Å². The maximum Gasteiger partial charge on any atom is 0.264 e. The summed E-state index contributed by atoms with van der Waals surface area (Å²) in [5, 5.41) is 1.33. The number of thiophene rings is 2. The smallest absolute Gasteiger partial charge is 0.264 e. The molecule has 0 aromatic carbocycles. The molecule has 0 saturated heterocycles. The van der Waals surface area contributed by atoms with E-state index in [0.29, 0.717) is 40.9 Å². The van der Waals surface area contributed by atoms with E-state index in [1.807, 2.05) is 9.80 Å². The lowest BCUT2D eigenvalue weighted by Crippen LogP contribution is -2.30. The first-order valence-corrected chi connectivity index (χ1v) is 42.9. The molecular weight excluding hydrogens is 1240 g/mol. The number of carbonyl (C=O) groups excluding carboxylic acids is 2. The monoisotopic (exact) mass is 1370 g/mol. The fourth-order valence-corrected chi connectivity index (χ4v) is 18.7. The number of aromatic nitrogens is 2. The van der Waals surface area contributed by atoms with E-state index in [2.05, 4.69) is 127 Å². The molecule has 8 heterocycles. The van der Waals surface area contributed by atoms with Crippen molar-refractivity contribution in [2.24, 2.45) is 0 Å². The van der Waals surface area contributed by atoms with Crippen molar-refractivity contribution in [2.45, 2.75) is 375 Å². The standard InChI is InChI=1S/C88H134N4O4S2/c1-11-17-23-29-33-35-37-39-43-49-63-89-83(75-61-59-73(97-75)66(9)10)81-82(86(89)94)84(90(85(81)93)64-50-44-40-38-36-34-30-24-18-12-2)76-62-60-74(98-76)70-56-58-72-78(68(52-46-28-22-16-6)54-48-42-32-26-20-14-4)79-80(88(96)92(70)72)77(71-57-55-69(65(7)8)91(71)87(79)95)67(51-45-27-21-15-5)53-47-41-31-25-19-13-3/h55-62,65-68H,11-54,63-64H2,1-10H3.